The lowest BCUT2D eigenvalue weighted by Crippen LogP contribution is -2.14. The molecule has 2 rings (SSSR count). The van der Waals surface area contributed by atoms with Crippen molar-refractivity contribution in [1.29, 1.82) is 0 Å². The molecule has 0 aliphatic carbocycles. The van der Waals surface area contributed by atoms with Gasteiger partial charge >= 0.3 is 0 Å². The van der Waals surface area contributed by atoms with Crippen LogP contribution in [0.3, 0.4) is 0 Å². The van der Waals surface area contributed by atoms with E-state index in [0.29, 0.717) is 0 Å². The van der Waals surface area contributed by atoms with Gasteiger partial charge in [0.1, 0.15) is 0 Å². The summed E-state index contributed by atoms with van der Waals surface area (Å²) in [6, 6.07) is 21.1. The first kappa shape index (κ1) is 12.8. The third-order valence-electron chi connectivity index (χ3n) is 2.39. The van der Waals surface area contributed by atoms with Crippen molar-refractivity contribution in [3.63, 3.8) is 0 Å². The summed E-state index contributed by atoms with van der Waals surface area (Å²) in [7, 11) is -0.518. The second kappa shape index (κ2) is 6.30. The van der Waals surface area contributed by atoms with Gasteiger partial charge in [0.25, 0.3) is 0 Å². The summed E-state index contributed by atoms with van der Waals surface area (Å²) in [4.78, 5) is 0. The fourth-order valence-electron chi connectivity index (χ4n) is 1.61. The van der Waals surface area contributed by atoms with Crippen molar-refractivity contribution in [3.05, 3.63) is 60.7 Å². The van der Waals surface area contributed by atoms with E-state index in [2.05, 4.69) is 54.8 Å². The molecule has 0 aliphatic heterocycles. The molecule has 0 amide bonds. The molecule has 0 radical (unpaired) electrons. The van der Waals surface area contributed by atoms with E-state index in [-0.39, 0.29) is 0 Å². The maximum Gasteiger partial charge on any atom is 0.0795 e. The molecule has 0 aromatic heterocycles. The van der Waals surface area contributed by atoms with Crippen LogP contribution in [0.4, 0.5) is 0 Å². The Kier molecular flexibility index (Phi) is 4.73. The molecular weight excluding hydrogens is 263 g/mol. The minimum atomic E-state index is -0.518. The van der Waals surface area contributed by atoms with E-state index < -0.39 is 7.92 Å². The third kappa shape index (κ3) is 3.16. The zero-order valence-electron chi connectivity index (χ0n) is 9.54. The summed E-state index contributed by atoms with van der Waals surface area (Å²) in [6.07, 6.45) is 2.06. The van der Waals surface area contributed by atoms with Crippen LogP contribution in [0.25, 0.3) is 0 Å². The lowest BCUT2D eigenvalue weighted by Gasteiger charge is -2.18. The Hall–Kier alpha value is -0.690. The number of benzene rings is 2. The van der Waals surface area contributed by atoms with Crippen molar-refractivity contribution < 1.29 is 0 Å². The Bertz CT molecular complexity index is 443. The van der Waals surface area contributed by atoms with Crippen LogP contribution in [-0.4, -0.2) is 10.2 Å². The fourth-order valence-corrected chi connectivity index (χ4v) is 5.26. The van der Waals surface area contributed by atoms with Gasteiger partial charge in [-0.15, -0.1) is 11.8 Å². The molecule has 0 bridgehead atoms. The van der Waals surface area contributed by atoms with Crippen molar-refractivity contribution in [3.8, 4) is 0 Å². The number of rotatable bonds is 3. The van der Waals surface area contributed by atoms with Gasteiger partial charge in [0, 0.05) is 7.92 Å². The molecule has 0 unspecified atom stereocenters. The van der Waals surface area contributed by atoms with Crippen LogP contribution in [0.15, 0.2) is 60.7 Å². The minimum Gasteiger partial charge on any atom is -0.117 e. The zero-order chi connectivity index (χ0) is 12.1. The molecule has 2 aromatic rings. The van der Waals surface area contributed by atoms with Crippen molar-refractivity contribution in [2.45, 2.75) is 0 Å². The first-order valence-electron chi connectivity index (χ1n) is 5.31. The lowest BCUT2D eigenvalue weighted by molar-refractivity contribution is 1.76. The SMILES string of the molecule is CSC(=S)P(c1ccccc1)c1ccccc1. The molecule has 0 N–H and O–H groups in total. The number of thiocarbonyl (C=S) groups is 1. The Labute approximate surface area is 113 Å². The highest BCUT2D eigenvalue weighted by Crippen LogP contribution is 2.39. The third-order valence-corrected chi connectivity index (χ3v) is 6.87. The van der Waals surface area contributed by atoms with E-state index >= 15 is 0 Å². The highest BCUT2D eigenvalue weighted by Gasteiger charge is 2.17. The lowest BCUT2D eigenvalue weighted by atomic mass is 10.4. The Morgan fingerprint density at radius 2 is 1.29 bits per heavy atom. The van der Waals surface area contributed by atoms with Crippen molar-refractivity contribution >= 4 is 46.4 Å². The van der Waals surface area contributed by atoms with Crippen LogP contribution < -0.4 is 10.6 Å². The molecule has 3 heteroatoms. The number of thioether (sulfide) groups is 1. The van der Waals surface area contributed by atoms with Gasteiger partial charge < -0.3 is 0 Å². The summed E-state index contributed by atoms with van der Waals surface area (Å²) < 4.78 is 1.08. The van der Waals surface area contributed by atoms with E-state index in [1.54, 1.807) is 11.8 Å². The summed E-state index contributed by atoms with van der Waals surface area (Å²) >= 11 is 7.22. The second-order valence-corrected chi connectivity index (χ2v) is 7.72. The van der Waals surface area contributed by atoms with Crippen LogP contribution in [0.2, 0.25) is 0 Å². The number of hydrogen-bond donors (Lipinski definition) is 0. The molecule has 0 atom stereocenters. The first-order valence-corrected chi connectivity index (χ1v) is 8.28. The molecule has 0 heterocycles. The minimum absolute atomic E-state index is 0.518. The molecule has 0 saturated heterocycles. The molecule has 0 nitrogen and oxygen atoms in total. The van der Waals surface area contributed by atoms with E-state index in [0.717, 1.165) is 3.94 Å². The van der Waals surface area contributed by atoms with Gasteiger partial charge in [-0.05, 0) is 16.9 Å². The van der Waals surface area contributed by atoms with Crippen molar-refractivity contribution in [2.75, 3.05) is 6.26 Å². The largest absolute Gasteiger partial charge is 0.117 e. The smallest absolute Gasteiger partial charge is 0.0795 e. The highest BCUT2D eigenvalue weighted by molar-refractivity contribution is 8.37. The van der Waals surface area contributed by atoms with Crippen LogP contribution in [-0.2, 0) is 0 Å². The van der Waals surface area contributed by atoms with Crippen LogP contribution >= 0.6 is 31.9 Å². The Balaban J connectivity index is 2.43. The molecule has 0 fully saturated rings. The summed E-state index contributed by atoms with van der Waals surface area (Å²) in [6.45, 7) is 0. The van der Waals surface area contributed by atoms with Gasteiger partial charge in [0.2, 0.25) is 0 Å². The van der Waals surface area contributed by atoms with Gasteiger partial charge in [0.15, 0.2) is 0 Å². The monoisotopic (exact) mass is 276 g/mol. The Morgan fingerprint density at radius 1 is 0.882 bits per heavy atom. The summed E-state index contributed by atoms with van der Waals surface area (Å²) in [5, 5.41) is 2.65. The topological polar surface area (TPSA) is 0 Å². The quantitative estimate of drug-likeness (QED) is 0.618. The van der Waals surface area contributed by atoms with E-state index in [4.69, 9.17) is 12.2 Å². The zero-order valence-corrected chi connectivity index (χ0v) is 12.1. The van der Waals surface area contributed by atoms with E-state index in [9.17, 15) is 0 Å². The molecular formula is C14H13PS2. The Morgan fingerprint density at radius 3 is 1.65 bits per heavy atom. The predicted octanol–water partition coefficient (Wildman–Crippen LogP) is 3.77. The summed E-state index contributed by atoms with van der Waals surface area (Å²) in [5.41, 5.74) is 0. The van der Waals surface area contributed by atoms with Crippen molar-refractivity contribution in [1.82, 2.24) is 0 Å². The van der Waals surface area contributed by atoms with Crippen molar-refractivity contribution in [2.24, 2.45) is 0 Å². The normalized spacial score (nSPS) is 10.5. The van der Waals surface area contributed by atoms with Gasteiger partial charge in [-0.2, -0.15) is 0 Å². The van der Waals surface area contributed by atoms with Crippen LogP contribution in [0.5, 0.6) is 0 Å². The molecule has 17 heavy (non-hydrogen) atoms. The van der Waals surface area contributed by atoms with Gasteiger partial charge in [-0.25, -0.2) is 0 Å². The molecule has 2 aromatic carbocycles. The number of hydrogen-bond acceptors (Lipinski definition) is 2. The molecule has 0 saturated carbocycles. The second-order valence-electron chi connectivity index (χ2n) is 3.48. The van der Waals surface area contributed by atoms with E-state index in [1.807, 2.05) is 12.1 Å². The van der Waals surface area contributed by atoms with Crippen LogP contribution in [0.1, 0.15) is 0 Å². The highest BCUT2D eigenvalue weighted by atomic mass is 32.2. The summed E-state index contributed by atoms with van der Waals surface area (Å²) in [5.74, 6) is 0. The van der Waals surface area contributed by atoms with Gasteiger partial charge in [0.05, 0.1) is 3.94 Å². The van der Waals surface area contributed by atoms with Gasteiger partial charge in [-0.1, -0.05) is 72.9 Å². The average molecular weight is 276 g/mol. The molecule has 0 spiro atoms. The molecule has 86 valence electrons. The average Bonchev–Trinajstić information content (AvgIpc) is 2.41. The first-order chi connectivity index (χ1) is 8.33. The van der Waals surface area contributed by atoms with Gasteiger partial charge in [-0.3, -0.25) is 0 Å². The predicted molar refractivity (Wildman–Crippen MR) is 85.2 cm³/mol. The fraction of sp³-hybridized carbons (Fsp3) is 0.0714. The van der Waals surface area contributed by atoms with E-state index in [1.165, 1.54) is 10.6 Å². The molecule has 0 aliphatic rings. The standard InChI is InChI=1S/C14H13PS2/c1-17-14(16)15(12-8-4-2-5-9-12)13-10-6-3-7-11-13/h2-11H,1H3. The maximum absolute atomic E-state index is 5.53. The van der Waals surface area contributed by atoms with Crippen LogP contribution in [0, 0.1) is 0 Å². The maximum atomic E-state index is 5.53.